The molecule has 0 aromatic heterocycles. The van der Waals surface area contributed by atoms with Crippen molar-refractivity contribution in [3.8, 4) is 11.5 Å². The predicted octanol–water partition coefficient (Wildman–Crippen LogP) is 3.62. The van der Waals surface area contributed by atoms with Crippen molar-refractivity contribution in [1.82, 2.24) is 5.43 Å². The molecular weight excluding hydrogens is 360 g/mol. The molecule has 6 heteroatoms. The van der Waals surface area contributed by atoms with Gasteiger partial charge < -0.3 is 9.47 Å². The summed E-state index contributed by atoms with van der Waals surface area (Å²) in [5, 5.41) is 3.97. The van der Waals surface area contributed by atoms with Gasteiger partial charge in [-0.25, -0.2) is 5.43 Å². The lowest BCUT2D eigenvalue weighted by Crippen LogP contribution is -2.17. The second-order valence-electron chi connectivity index (χ2n) is 4.53. The predicted molar refractivity (Wildman–Crippen MR) is 93.4 cm³/mol. The van der Waals surface area contributed by atoms with Crippen molar-refractivity contribution in [3.63, 3.8) is 0 Å². The summed E-state index contributed by atoms with van der Waals surface area (Å²) in [6.45, 7) is 2.44. The highest BCUT2D eigenvalue weighted by Gasteiger charge is 2.10. The molecule has 0 heterocycles. The third kappa shape index (κ3) is 4.56. The van der Waals surface area contributed by atoms with Gasteiger partial charge in [0.05, 0.1) is 24.4 Å². The molecule has 2 aromatic carbocycles. The zero-order chi connectivity index (χ0) is 16.7. The molecule has 0 spiro atoms. The SMILES string of the molecule is CCOc1c(Br)cc(/C=N\NC(=O)c2ccccc2)cc1OC. The summed E-state index contributed by atoms with van der Waals surface area (Å²) in [5.74, 6) is 0.969. The lowest BCUT2D eigenvalue weighted by atomic mass is 10.2. The third-order valence-electron chi connectivity index (χ3n) is 2.96. The van der Waals surface area contributed by atoms with E-state index in [1.807, 2.05) is 19.1 Å². The minimum Gasteiger partial charge on any atom is -0.493 e. The van der Waals surface area contributed by atoms with Crippen molar-refractivity contribution in [2.45, 2.75) is 6.92 Å². The highest BCUT2D eigenvalue weighted by molar-refractivity contribution is 9.10. The van der Waals surface area contributed by atoms with Gasteiger partial charge in [0.25, 0.3) is 5.91 Å². The molecule has 0 saturated carbocycles. The minimum atomic E-state index is -0.265. The van der Waals surface area contributed by atoms with E-state index in [0.717, 1.165) is 10.0 Å². The first-order valence-corrected chi connectivity index (χ1v) is 7.83. The van der Waals surface area contributed by atoms with E-state index in [4.69, 9.17) is 9.47 Å². The second kappa shape index (κ2) is 8.33. The van der Waals surface area contributed by atoms with Crippen LogP contribution in [0.5, 0.6) is 11.5 Å². The highest BCUT2D eigenvalue weighted by atomic mass is 79.9. The van der Waals surface area contributed by atoms with Gasteiger partial charge in [-0.15, -0.1) is 0 Å². The highest BCUT2D eigenvalue weighted by Crippen LogP contribution is 2.36. The van der Waals surface area contributed by atoms with Crippen LogP contribution in [-0.2, 0) is 0 Å². The largest absolute Gasteiger partial charge is 0.493 e. The maximum absolute atomic E-state index is 11.9. The van der Waals surface area contributed by atoms with Crippen LogP contribution in [0.1, 0.15) is 22.8 Å². The number of hydrogen-bond donors (Lipinski definition) is 1. The molecule has 0 aliphatic rings. The summed E-state index contributed by atoms with van der Waals surface area (Å²) in [5.41, 5.74) is 3.81. The Kier molecular flexibility index (Phi) is 6.17. The van der Waals surface area contributed by atoms with Crippen molar-refractivity contribution < 1.29 is 14.3 Å². The Hall–Kier alpha value is -2.34. The van der Waals surface area contributed by atoms with Crippen LogP contribution in [0, 0.1) is 0 Å². The van der Waals surface area contributed by atoms with Crippen LogP contribution in [0.3, 0.4) is 0 Å². The molecule has 0 unspecified atom stereocenters. The van der Waals surface area contributed by atoms with Crippen LogP contribution >= 0.6 is 15.9 Å². The normalized spacial score (nSPS) is 10.6. The number of carbonyl (C=O) groups excluding carboxylic acids is 1. The summed E-state index contributed by atoms with van der Waals surface area (Å²) < 4.78 is 11.6. The van der Waals surface area contributed by atoms with Gasteiger partial charge in [0.15, 0.2) is 11.5 Å². The Balaban J connectivity index is 2.11. The van der Waals surface area contributed by atoms with E-state index in [1.54, 1.807) is 43.7 Å². The van der Waals surface area contributed by atoms with Crippen molar-refractivity contribution >= 4 is 28.1 Å². The second-order valence-corrected chi connectivity index (χ2v) is 5.39. The number of hydrazone groups is 1. The van der Waals surface area contributed by atoms with Gasteiger partial charge in [-0.05, 0) is 52.7 Å². The third-order valence-corrected chi connectivity index (χ3v) is 3.55. The van der Waals surface area contributed by atoms with E-state index < -0.39 is 0 Å². The van der Waals surface area contributed by atoms with E-state index in [1.165, 1.54) is 0 Å². The van der Waals surface area contributed by atoms with Gasteiger partial charge in [-0.3, -0.25) is 4.79 Å². The summed E-state index contributed by atoms with van der Waals surface area (Å²) >= 11 is 3.44. The van der Waals surface area contributed by atoms with Crippen LogP contribution in [0.2, 0.25) is 0 Å². The Morgan fingerprint density at radius 1 is 1.30 bits per heavy atom. The molecule has 0 radical (unpaired) electrons. The molecular formula is C17H17BrN2O3. The average Bonchev–Trinajstić information content (AvgIpc) is 2.57. The molecule has 23 heavy (non-hydrogen) atoms. The van der Waals surface area contributed by atoms with Crippen molar-refractivity contribution in [3.05, 3.63) is 58.1 Å². The van der Waals surface area contributed by atoms with Gasteiger partial charge in [-0.1, -0.05) is 18.2 Å². The molecule has 2 aromatic rings. The lowest BCUT2D eigenvalue weighted by molar-refractivity contribution is 0.0955. The van der Waals surface area contributed by atoms with Gasteiger partial charge >= 0.3 is 0 Å². The summed E-state index contributed by atoms with van der Waals surface area (Å²) in [4.78, 5) is 11.9. The molecule has 0 atom stereocenters. The molecule has 0 bridgehead atoms. The van der Waals surface area contributed by atoms with Crippen LogP contribution in [0.4, 0.5) is 0 Å². The first kappa shape index (κ1) is 17.0. The van der Waals surface area contributed by atoms with Crippen LogP contribution in [0.25, 0.3) is 0 Å². The topological polar surface area (TPSA) is 59.9 Å². The number of methoxy groups -OCH3 is 1. The molecule has 1 amide bonds. The molecule has 2 rings (SSSR count). The van der Waals surface area contributed by atoms with E-state index in [2.05, 4.69) is 26.5 Å². The van der Waals surface area contributed by atoms with E-state index in [0.29, 0.717) is 23.7 Å². The standard InChI is InChI=1S/C17H17BrN2O3/c1-3-23-16-14(18)9-12(10-15(16)22-2)11-19-20-17(21)13-7-5-4-6-8-13/h4-11H,3H2,1-2H3,(H,20,21)/b19-11-. The summed E-state index contributed by atoms with van der Waals surface area (Å²) in [7, 11) is 1.57. The Bertz CT molecular complexity index is 702. The first-order chi connectivity index (χ1) is 11.2. The number of rotatable bonds is 6. The van der Waals surface area contributed by atoms with Gasteiger partial charge in [-0.2, -0.15) is 5.10 Å². The van der Waals surface area contributed by atoms with Gasteiger partial charge in [0.2, 0.25) is 0 Å². The summed E-state index contributed by atoms with van der Waals surface area (Å²) in [6, 6.07) is 12.5. The monoisotopic (exact) mass is 376 g/mol. The minimum absolute atomic E-state index is 0.265. The number of hydrogen-bond acceptors (Lipinski definition) is 4. The maximum Gasteiger partial charge on any atom is 0.271 e. The van der Waals surface area contributed by atoms with Gasteiger partial charge in [0, 0.05) is 5.56 Å². The molecule has 5 nitrogen and oxygen atoms in total. The lowest BCUT2D eigenvalue weighted by Gasteiger charge is -2.11. The number of nitrogens with one attached hydrogen (secondary N) is 1. The molecule has 120 valence electrons. The zero-order valence-electron chi connectivity index (χ0n) is 12.9. The smallest absolute Gasteiger partial charge is 0.271 e. The molecule has 0 fully saturated rings. The maximum atomic E-state index is 11.9. The van der Waals surface area contributed by atoms with Gasteiger partial charge in [0.1, 0.15) is 0 Å². The van der Waals surface area contributed by atoms with E-state index in [-0.39, 0.29) is 5.91 Å². The van der Waals surface area contributed by atoms with Crippen molar-refractivity contribution in [2.24, 2.45) is 5.10 Å². The number of ether oxygens (including phenoxy) is 2. The zero-order valence-corrected chi connectivity index (χ0v) is 14.5. The molecule has 0 saturated heterocycles. The number of amides is 1. The fraction of sp³-hybridized carbons (Fsp3) is 0.176. The van der Waals surface area contributed by atoms with E-state index >= 15 is 0 Å². The van der Waals surface area contributed by atoms with Crippen LogP contribution < -0.4 is 14.9 Å². The number of nitrogens with zero attached hydrogens (tertiary/aromatic N) is 1. The van der Waals surface area contributed by atoms with Crippen molar-refractivity contribution in [1.29, 1.82) is 0 Å². The Labute approximate surface area is 143 Å². The molecule has 1 N–H and O–H groups in total. The molecule has 0 aliphatic carbocycles. The van der Waals surface area contributed by atoms with Crippen LogP contribution in [-0.4, -0.2) is 25.8 Å². The fourth-order valence-corrected chi connectivity index (χ4v) is 2.49. The Morgan fingerprint density at radius 3 is 2.70 bits per heavy atom. The number of benzene rings is 2. The quantitative estimate of drug-likeness (QED) is 0.618. The number of carbonyl (C=O) groups is 1. The van der Waals surface area contributed by atoms with Crippen LogP contribution in [0.15, 0.2) is 52.0 Å². The first-order valence-electron chi connectivity index (χ1n) is 7.04. The Morgan fingerprint density at radius 2 is 2.04 bits per heavy atom. The summed E-state index contributed by atoms with van der Waals surface area (Å²) in [6.07, 6.45) is 1.55. The number of halogens is 1. The fourth-order valence-electron chi connectivity index (χ4n) is 1.92. The van der Waals surface area contributed by atoms with E-state index in [9.17, 15) is 4.79 Å². The van der Waals surface area contributed by atoms with Crippen molar-refractivity contribution in [2.75, 3.05) is 13.7 Å². The average molecular weight is 377 g/mol. The molecule has 0 aliphatic heterocycles.